The molecule has 0 saturated heterocycles. The predicted octanol–water partition coefficient (Wildman–Crippen LogP) is 0.327. The molecule has 0 amide bonds. The first-order valence-corrected chi connectivity index (χ1v) is 4.07. The Kier molecular flexibility index (Phi) is 5.43. The number of benzene rings is 1. The molecule has 4 radical (unpaired) electrons. The number of rotatable bonds is 1. The first-order valence-electron chi connectivity index (χ1n) is 4.07. The molecule has 58 valence electrons. The number of para-hydroxylation sites is 1. The van der Waals surface area contributed by atoms with Crippen molar-refractivity contribution in [3.63, 3.8) is 0 Å². The van der Waals surface area contributed by atoms with Gasteiger partial charge in [0.1, 0.15) is 0 Å². The lowest BCUT2D eigenvalue weighted by Crippen LogP contribution is -2.33. The van der Waals surface area contributed by atoms with E-state index in [2.05, 4.69) is 0 Å². The average Bonchev–Trinajstić information content (AvgIpc) is 2.08. The second kappa shape index (κ2) is 5.81. The zero-order chi connectivity index (χ0) is 9.56. The topological polar surface area (TPSA) is 26.0 Å². The van der Waals surface area contributed by atoms with Gasteiger partial charge in [-0.1, -0.05) is 37.5 Å². The second-order valence-corrected chi connectivity index (χ2v) is 2.15. The first-order chi connectivity index (χ1) is 5.72. The molecule has 1 nitrogen and oxygen atoms in total. The van der Waals surface area contributed by atoms with Crippen LogP contribution in [0.25, 0.3) is 0 Å². The highest BCUT2D eigenvalue weighted by molar-refractivity contribution is 7.35. The fourth-order valence-corrected chi connectivity index (χ4v) is 0.814. The Balaban J connectivity index is 0.000000561. The van der Waals surface area contributed by atoms with Crippen molar-refractivity contribution in [2.45, 2.75) is 13.8 Å². The zero-order valence-electron chi connectivity index (χ0n) is 7.62. The number of nitrogen functional groups attached to an aromatic ring is 1. The van der Waals surface area contributed by atoms with Gasteiger partial charge in [0.15, 0.2) is 0 Å². The lowest BCUT2D eigenvalue weighted by molar-refractivity contribution is 1.50. The van der Waals surface area contributed by atoms with Gasteiger partial charge in [0.25, 0.3) is 0 Å². The summed E-state index contributed by atoms with van der Waals surface area (Å²) in [7, 11) is 10.8. The van der Waals surface area contributed by atoms with E-state index in [9.17, 15) is 0 Å². The number of hydrogen-bond donors (Lipinski definition) is 1. The van der Waals surface area contributed by atoms with Crippen LogP contribution in [0.2, 0.25) is 0 Å². The monoisotopic (exact) mass is 155 g/mol. The summed E-state index contributed by atoms with van der Waals surface area (Å²) in [6.45, 7) is 3.53. The maximum absolute atomic E-state index is 5.56. The maximum Gasteiger partial charge on any atom is 0.0833 e. The van der Waals surface area contributed by atoms with Gasteiger partial charge in [0.05, 0.1) is 6.49 Å². The minimum absolute atomic E-state index is 0.471. The fraction of sp³-hybridized carbons (Fsp3) is 0.250. The summed E-state index contributed by atoms with van der Waals surface area (Å²) < 4.78 is 0. The van der Waals surface area contributed by atoms with Gasteiger partial charge in [0.2, 0.25) is 0 Å². The summed E-state index contributed by atoms with van der Waals surface area (Å²) in [5.41, 5.74) is 7.01. The van der Waals surface area contributed by atoms with Crippen LogP contribution in [-0.2, 0) is 0 Å². The molecule has 1 rings (SSSR count). The van der Waals surface area contributed by atoms with Gasteiger partial charge in [-0.05, 0) is 6.07 Å². The molecule has 0 spiro atoms. The molecule has 2 N–H and O–H groups in total. The van der Waals surface area contributed by atoms with Gasteiger partial charge in [-0.25, -0.2) is 0 Å². The summed E-state index contributed by atoms with van der Waals surface area (Å²) in [6.07, 6.45) is 0. The molecular formula is C8H12B3N. The Bertz CT molecular complexity index is 225. The van der Waals surface area contributed by atoms with Crippen LogP contribution in [-0.4, -0.2) is 22.0 Å². The third kappa shape index (κ3) is 3.08. The van der Waals surface area contributed by atoms with Crippen molar-refractivity contribution >= 4 is 33.1 Å². The predicted molar refractivity (Wildman–Crippen MR) is 59.1 cm³/mol. The van der Waals surface area contributed by atoms with E-state index in [0.717, 1.165) is 5.46 Å². The van der Waals surface area contributed by atoms with Crippen LogP contribution in [0.3, 0.4) is 0 Å². The molecule has 0 aliphatic carbocycles. The Hall–Kier alpha value is -0.785. The molecule has 0 bridgehead atoms. The molecule has 1 aromatic carbocycles. The van der Waals surface area contributed by atoms with Crippen molar-refractivity contribution in [2.75, 3.05) is 5.73 Å². The van der Waals surface area contributed by atoms with Crippen LogP contribution in [0.15, 0.2) is 24.3 Å². The van der Waals surface area contributed by atoms with Gasteiger partial charge in [-0.15, -0.1) is 0 Å². The smallest absolute Gasteiger partial charge is 0.0833 e. The Morgan fingerprint density at radius 2 is 1.67 bits per heavy atom. The Morgan fingerprint density at radius 1 is 1.17 bits per heavy atom. The third-order valence-corrected chi connectivity index (χ3v) is 1.36. The first kappa shape index (κ1) is 11.2. The molecule has 1 aromatic rings. The van der Waals surface area contributed by atoms with Crippen molar-refractivity contribution in [1.82, 2.24) is 0 Å². The van der Waals surface area contributed by atoms with Crippen LogP contribution in [0.5, 0.6) is 0 Å². The Labute approximate surface area is 77.6 Å². The van der Waals surface area contributed by atoms with Crippen molar-refractivity contribution < 1.29 is 0 Å². The second-order valence-electron chi connectivity index (χ2n) is 2.15. The quantitative estimate of drug-likeness (QED) is 0.458. The van der Waals surface area contributed by atoms with Gasteiger partial charge in [-0.3, -0.25) is 0 Å². The number of hydrogen-bond acceptors (Lipinski definition) is 1. The summed E-state index contributed by atoms with van der Waals surface area (Å²) >= 11 is 0. The van der Waals surface area contributed by atoms with Gasteiger partial charge >= 0.3 is 0 Å². The molecule has 12 heavy (non-hydrogen) atoms. The Morgan fingerprint density at radius 3 is 2.00 bits per heavy atom. The van der Waals surface area contributed by atoms with Crippen LogP contribution >= 0.6 is 0 Å². The van der Waals surface area contributed by atoms with E-state index in [0.29, 0.717) is 5.69 Å². The van der Waals surface area contributed by atoms with Crippen LogP contribution in [0, 0.1) is 0 Å². The van der Waals surface area contributed by atoms with E-state index >= 15 is 0 Å². The van der Waals surface area contributed by atoms with Crippen molar-refractivity contribution in [3.05, 3.63) is 24.3 Å². The van der Waals surface area contributed by atoms with Gasteiger partial charge < -0.3 is 5.73 Å². The summed E-state index contributed by atoms with van der Waals surface area (Å²) in [5, 5.41) is 0. The lowest BCUT2D eigenvalue weighted by atomic mass is 9.17. The third-order valence-electron chi connectivity index (χ3n) is 1.36. The molecule has 0 unspecified atom stereocenters. The molecule has 0 aliphatic rings. The average molecular weight is 155 g/mol. The summed E-state index contributed by atoms with van der Waals surface area (Å²) in [6, 6.07) is 7.31. The molecule has 0 aliphatic heterocycles. The normalized spacial score (nSPS) is 8.17. The molecule has 0 fully saturated rings. The highest BCUT2D eigenvalue weighted by Gasteiger charge is 2.02. The molecule has 0 heterocycles. The van der Waals surface area contributed by atoms with E-state index in [1.807, 2.05) is 32.0 Å². The molecular weight excluding hydrogens is 143 g/mol. The fourth-order valence-electron chi connectivity index (χ4n) is 0.814. The maximum atomic E-state index is 5.56. The molecule has 4 heteroatoms. The molecule has 0 saturated carbocycles. The van der Waals surface area contributed by atoms with Crippen LogP contribution < -0.4 is 11.2 Å². The van der Waals surface area contributed by atoms with E-state index in [-0.39, 0.29) is 0 Å². The van der Waals surface area contributed by atoms with E-state index < -0.39 is 6.49 Å². The van der Waals surface area contributed by atoms with Gasteiger partial charge in [-0.2, -0.15) is 0 Å². The summed E-state index contributed by atoms with van der Waals surface area (Å²) in [4.78, 5) is 0. The van der Waals surface area contributed by atoms with Crippen LogP contribution in [0.1, 0.15) is 13.8 Å². The van der Waals surface area contributed by atoms with Crippen molar-refractivity contribution in [3.8, 4) is 0 Å². The zero-order valence-corrected chi connectivity index (χ0v) is 7.62. The lowest BCUT2D eigenvalue weighted by Gasteiger charge is -2.05. The number of nitrogens with two attached hydrogens (primary N) is 1. The van der Waals surface area contributed by atoms with Crippen LogP contribution in [0.4, 0.5) is 5.69 Å². The van der Waals surface area contributed by atoms with E-state index in [1.54, 1.807) is 6.07 Å². The number of anilines is 1. The molecule has 0 atom stereocenters. The van der Waals surface area contributed by atoms with E-state index in [1.165, 1.54) is 0 Å². The van der Waals surface area contributed by atoms with Crippen molar-refractivity contribution in [2.24, 2.45) is 0 Å². The minimum atomic E-state index is -0.471. The SMILES string of the molecule is CC.[B]B([B])c1ccccc1N. The summed E-state index contributed by atoms with van der Waals surface area (Å²) in [5.74, 6) is 0. The largest absolute Gasteiger partial charge is 0.399 e. The highest BCUT2D eigenvalue weighted by Crippen LogP contribution is 1.95. The minimum Gasteiger partial charge on any atom is -0.399 e. The highest BCUT2D eigenvalue weighted by atomic mass is 14.5. The van der Waals surface area contributed by atoms with Crippen molar-refractivity contribution in [1.29, 1.82) is 0 Å². The standard InChI is InChI=1S/C6H6B3N.C2H6/c7-9(8)5-3-1-2-4-6(5)10;1-2/h1-4H,10H2;1-2H3. The molecule has 0 aromatic heterocycles. The van der Waals surface area contributed by atoms with E-state index in [4.69, 9.17) is 21.2 Å². The van der Waals surface area contributed by atoms with Gasteiger partial charge in [0, 0.05) is 21.2 Å².